The Hall–Kier alpha value is -1.68. The average molecular weight is 633 g/mol. The third kappa shape index (κ3) is 11.0. The van der Waals surface area contributed by atoms with Crippen molar-refractivity contribution < 1.29 is 63.2 Å². The molecule has 0 spiro atoms. The van der Waals surface area contributed by atoms with Gasteiger partial charge in [0.25, 0.3) is 0 Å². The largest absolute Gasteiger partial charge is 0.466 e. The highest BCUT2D eigenvalue weighted by molar-refractivity contribution is 5.81. The highest BCUT2D eigenvalue weighted by Gasteiger charge is 2.47. The van der Waals surface area contributed by atoms with Gasteiger partial charge in [-0.15, -0.1) is 0 Å². The Morgan fingerprint density at radius 2 is 1.57 bits per heavy atom. The van der Waals surface area contributed by atoms with Crippen LogP contribution in [0.4, 0.5) is 0 Å². The van der Waals surface area contributed by atoms with E-state index in [1.165, 1.54) is 6.08 Å². The van der Waals surface area contributed by atoms with Crippen LogP contribution in [0.15, 0.2) is 12.2 Å². The maximum absolute atomic E-state index is 11.9. The number of carbonyl (C=O) groups excluding carboxylic acids is 2. The molecule has 3 fully saturated rings. The molecule has 1 saturated carbocycles. The van der Waals surface area contributed by atoms with Crippen LogP contribution in [-0.4, -0.2) is 120 Å². The third-order valence-corrected chi connectivity index (χ3v) is 8.24. The van der Waals surface area contributed by atoms with Gasteiger partial charge in [-0.1, -0.05) is 6.08 Å². The van der Waals surface area contributed by atoms with Gasteiger partial charge in [-0.3, -0.25) is 4.79 Å². The van der Waals surface area contributed by atoms with Crippen molar-refractivity contribution in [1.29, 1.82) is 0 Å². The van der Waals surface area contributed by atoms with Crippen molar-refractivity contribution in [3.05, 3.63) is 12.2 Å². The Morgan fingerprint density at radius 1 is 0.886 bits per heavy atom. The molecule has 4 N–H and O–H groups in total. The number of ether oxygens (including phenoxy) is 7. The summed E-state index contributed by atoms with van der Waals surface area (Å²) in [6.07, 6.45) is -3.65. The molecule has 0 aromatic heterocycles. The van der Waals surface area contributed by atoms with Crippen molar-refractivity contribution >= 4 is 11.9 Å². The van der Waals surface area contributed by atoms with Crippen LogP contribution in [-0.2, 0) is 42.7 Å². The summed E-state index contributed by atoms with van der Waals surface area (Å²) in [7, 11) is 0. The van der Waals surface area contributed by atoms with E-state index >= 15 is 0 Å². The summed E-state index contributed by atoms with van der Waals surface area (Å²) in [5.74, 6) is -0.365. The molecule has 0 aromatic rings. The monoisotopic (exact) mass is 632 g/mol. The van der Waals surface area contributed by atoms with Gasteiger partial charge < -0.3 is 53.6 Å². The predicted molar refractivity (Wildman–Crippen MR) is 155 cm³/mol. The molecular weight excluding hydrogens is 580 g/mol. The molecule has 3 rings (SSSR count). The Labute approximate surface area is 259 Å². The van der Waals surface area contributed by atoms with Gasteiger partial charge in [0, 0.05) is 12.5 Å². The molecule has 254 valence electrons. The fraction of sp³-hybridized carbons (Fsp3) is 0.871. The zero-order valence-corrected chi connectivity index (χ0v) is 26.5. The van der Waals surface area contributed by atoms with E-state index in [0.29, 0.717) is 32.5 Å². The van der Waals surface area contributed by atoms with E-state index < -0.39 is 61.3 Å². The fourth-order valence-electron chi connectivity index (χ4n) is 5.48. The Bertz CT molecular complexity index is 915. The molecule has 44 heavy (non-hydrogen) atoms. The second-order valence-electron chi connectivity index (χ2n) is 12.0. The zero-order valence-electron chi connectivity index (χ0n) is 26.5. The van der Waals surface area contributed by atoms with Gasteiger partial charge >= 0.3 is 11.9 Å². The van der Waals surface area contributed by atoms with Crippen LogP contribution in [0.25, 0.3) is 0 Å². The van der Waals surface area contributed by atoms with Crippen LogP contribution >= 0.6 is 0 Å². The van der Waals surface area contributed by atoms with Crippen LogP contribution in [0.3, 0.4) is 0 Å². The van der Waals surface area contributed by atoms with Crippen LogP contribution < -0.4 is 0 Å². The Morgan fingerprint density at radius 3 is 2.27 bits per heavy atom. The van der Waals surface area contributed by atoms with Gasteiger partial charge in [0.05, 0.1) is 50.2 Å². The lowest BCUT2D eigenvalue weighted by atomic mass is 9.99. The second-order valence-corrected chi connectivity index (χ2v) is 12.0. The summed E-state index contributed by atoms with van der Waals surface area (Å²) < 4.78 is 39.6. The van der Waals surface area contributed by atoms with Crippen LogP contribution in [0.1, 0.15) is 73.1 Å². The number of hydrogen-bond donors (Lipinski definition) is 4. The molecule has 0 radical (unpaired) electrons. The van der Waals surface area contributed by atoms with Gasteiger partial charge in [0.2, 0.25) is 0 Å². The number of aliphatic hydroxyl groups is 4. The van der Waals surface area contributed by atoms with Crippen molar-refractivity contribution in [3.63, 3.8) is 0 Å². The summed E-state index contributed by atoms with van der Waals surface area (Å²) >= 11 is 0. The normalized spacial score (nSPS) is 37.0. The van der Waals surface area contributed by atoms with Crippen molar-refractivity contribution in [1.82, 2.24) is 0 Å². The van der Waals surface area contributed by atoms with E-state index in [2.05, 4.69) is 0 Å². The maximum atomic E-state index is 11.9. The first-order chi connectivity index (χ1) is 20.9. The van der Waals surface area contributed by atoms with Crippen molar-refractivity contribution in [2.75, 3.05) is 19.8 Å². The van der Waals surface area contributed by atoms with E-state index in [0.717, 1.165) is 12.8 Å². The summed E-state index contributed by atoms with van der Waals surface area (Å²) in [5.41, 5.74) is 0. The number of hydrogen-bond acceptors (Lipinski definition) is 13. The van der Waals surface area contributed by atoms with Crippen molar-refractivity contribution in [2.45, 2.75) is 141 Å². The molecule has 0 unspecified atom stereocenters. The smallest absolute Gasteiger partial charge is 0.330 e. The van der Waals surface area contributed by atoms with Gasteiger partial charge in [-0.2, -0.15) is 0 Å². The standard InChI is InChI=1S/C31H52O13/c1-6-38-25(34)11-9-8-10-17(3)42-31-28(27(36)26(35)19(5)43-31)40-16-24-22(32)15-23(33)30(44-24)41-18(4)12-13-20-14-21(20)29(37)39-7-2/h9,11,17-24,26-28,30-33,35-36H,6-8,10,12-16H2,1-5H3/b11-9+/t17-,18-,19+,20-,21-,22-,23-,24+,26+,27-,28-,30-,31-/m1/s1. The number of carbonyl (C=O) groups is 2. The number of aliphatic hydroxyl groups excluding tert-OH is 4. The topological polar surface area (TPSA) is 180 Å². The molecule has 0 aromatic carbocycles. The predicted octanol–water partition coefficient (Wildman–Crippen LogP) is 1.36. The Kier molecular flexibility index (Phi) is 14.9. The molecule has 2 heterocycles. The summed E-state index contributed by atoms with van der Waals surface area (Å²) in [4.78, 5) is 23.4. The number of allylic oxidation sites excluding steroid dienone is 1. The van der Waals surface area contributed by atoms with Gasteiger partial charge in [0.1, 0.15) is 30.5 Å². The molecule has 0 amide bonds. The number of esters is 2. The summed E-state index contributed by atoms with van der Waals surface area (Å²) in [6, 6.07) is 0. The molecule has 13 atom stereocenters. The van der Waals surface area contributed by atoms with Gasteiger partial charge in [0.15, 0.2) is 12.6 Å². The second kappa shape index (κ2) is 17.9. The molecule has 2 aliphatic heterocycles. The lowest BCUT2D eigenvalue weighted by Crippen LogP contribution is -2.60. The first-order valence-electron chi connectivity index (χ1n) is 15.9. The Balaban J connectivity index is 1.50. The van der Waals surface area contributed by atoms with Gasteiger partial charge in [-0.05, 0) is 72.6 Å². The molecule has 3 aliphatic rings. The lowest BCUT2D eigenvalue weighted by molar-refractivity contribution is -0.325. The molecule has 13 nitrogen and oxygen atoms in total. The lowest BCUT2D eigenvalue weighted by Gasteiger charge is -2.43. The first kappa shape index (κ1) is 36.8. The fourth-order valence-corrected chi connectivity index (χ4v) is 5.48. The van der Waals surface area contributed by atoms with E-state index in [-0.39, 0.29) is 43.0 Å². The minimum absolute atomic E-state index is 0.00136. The minimum Gasteiger partial charge on any atom is -0.466 e. The summed E-state index contributed by atoms with van der Waals surface area (Å²) in [6.45, 7) is 9.30. The minimum atomic E-state index is -1.33. The van der Waals surface area contributed by atoms with Crippen LogP contribution in [0.2, 0.25) is 0 Å². The maximum Gasteiger partial charge on any atom is 0.330 e. The van der Waals surface area contributed by atoms with Crippen LogP contribution in [0.5, 0.6) is 0 Å². The molecular formula is C31H52O13. The molecule has 2 saturated heterocycles. The quantitative estimate of drug-likeness (QED) is 0.134. The molecule has 1 aliphatic carbocycles. The number of rotatable bonds is 17. The van der Waals surface area contributed by atoms with Crippen molar-refractivity contribution in [3.8, 4) is 0 Å². The zero-order chi connectivity index (χ0) is 32.4. The third-order valence-electron chi connectivity index (χ3n) is 8.24. The van der Waals surface area contributed by atoms with Crippen LogP contribution in [0, 0.1) is 11.8 Å². The first-order valence-corrected chi connectivity index (χ1v) is 15.9. The summed E-state index contributed by atoms with van der Waals surface area (Å²) in [5, 5.41) is 42.4. The van der Waals surface area contributed by atoms with E-state index in [1.807, 2.05) is 13.8 Å². The average Bonchev–Trinajstić information content (AvgIpc) is 3.75. The van der Waals surface area contributed by atoms with E-state index in [9.17, 15) is 30.0 Å². The highest BCUT2D eigenvalue weighted by atomic mass is 16.7. The van der Waals surface area contributed by atoms with Gasteiger partial charge in [-0.25, -0.2) is 4.79 Å². The molecule has 13 heteroatoms. The van der Waals surface area contributed by atoms with Crippen molar-refractivity contribution in [2.24, 2.45) is 11.8 Å². The van der Waals surface area contributed by atoms with E-state index in [1.54, 1.807) is 26.8 Å². The highest BCUT2D eigenvalue weighted by Crippen LogP contribution is 2.43. The van der Waals surface area contributed by atoms with E-state index in [4.69, 9.17) is 33.2 Å². The molecule has 0 bridgehead atoms. The SMILES string of the molecule is CCOC(=O)/C=C/CC[C@@H](C)O[C@@H]1O[C@@H](C)[C@H](O)[C@@H](O)[C@H]1OC[C@@H]1O[C@@H](O[C@H](C)CC[C@@H]2C[C@H]2C(=O)OCC)[C@H](O)C[C@H]1O.